The molecular weight excluding hydrogens is 150 g/mol. The minimum atomic E-state index is -0.00208. The van der Waals surface area contributed by atoms with Gasteiger partial charge >= 0.3 is 0 Å². The topological polar surface area (TPSA) is 23.5 Å². The van der Waals surface area contributed by atoms with Crippen molar-refractivity contribution in [1.29, 1.82) is 0 Å². The van der Waals surface area contributed by atoms with Crippen molar-refractivity contribution in [3.05, 3.63) is 0 Å². The Bertz CT molecular complexity index is 144. The Morgan fingerprint density at radius 2 is 2.00 bits per heavy atom. The third-order valence-electron chi connectivity index (χ3n) is 3.54. The normalized spacial score (nSPS) is 44.0. The van der Waals surface area contributed by atoms with E-state index in [9.17, 15) is 5.11 Å². The van der Waals surface area contributed by atoms with Crippen LogP contribution in [0.3, 0.4) is 0 Å². The summed E-state index contributed by atoms with van der Waals surface area (Å²) in [6, 6.07) is 0. The SMILES string of the molecule is CN1CC[C@H]2CC[C@H](O)C[C@@H]2C1. The van der Waals surface area contributed by atoms with Gasteiger partial charge in [0.1, 0.15) is 0 Å². The predicted molar refractivity (Wildman–Crippen MR) is 49.0 cm³/mol. The summed E-state index contributed by atoms with van der Waals surface area (Å²) >= 11 is 0. The number of nitrogens with zero attached hydrogens (tertiary/aromatic N) is 1. The lowest BCUT2D eigenvalue weighted by atomic mass is 9.74. The zero-order valence-corrected chi connectivity index (χ0v) is 7.87. The van der Waals surface area contributed by atoms with E-state index in [1.54, 1.807) is 0 Å². The van der Waals surface area contributed by atoms with Gasteiger partial charge in [-0.2, -0.15) is 0 Å². The molecule has 0 aromatic rings. The molecule has 0 unspecified atom stereocenters. The summed E-state index contributed by atoms with van der Waals surface area (Å²) in [4.78, 5) is 2.40. The molecule has 2 nitrogen and oxygen atoms in total. The predicted octanol–water partition coefficient (Wildman–Crippen LogP) is 1.10. The molecular formula is C10H19NO. The Hall–Kier alpha value is -0.0800. The van der Waals surface area contributed by atoms with Crippen LogP contribution in [0.2, 0.25) is 0 Å². The maximum atomic E-state index is 9.52. The second kappa shape index (κ2) is 3.35. The molecule has 2 rings (SSSR count). The molecule has 1 aliphatic carbocycles. The van der Waals surface area contributed by atoms with Crippen LogP contribution in [0.25, 0.3) is 0 Å². The highest BCUT2D eigenvalue weighted by Gasteiger charge is 2.32. The zero-order chi connectivity index (χ0) is 8.55. The van der Waals surface area contributed by atoms with Gasteiger partial charge in [-0.1, -0.05) is 0 Å². The number of likely N-dealkylation sites (tertiary alicyclic amines) is 1. The van der Waals surface area contributed by atoms with Crippen molar-refractivity contribution in [2.75, 3.05) is 20.1 Å². The minimum Gasteiger partial charge on any atom is -0.393 e. The van der Waals surface area contributed by atoms with Crippen LogP contribution < -0.4 is 0 Å². The van der Waals surface area contributed by atoms with Gasteiger partial charge in [-0.05, 0) is 51.1 Å². The van der Waals surface area contributed by atoms with Gasteiger partial charge in [-0.25, -0.2) is 0 Å². The highest BCUT2D eigenvalue weighted by atomic mass is 16.3. The highest BCUT2D eigenvalue weighted by Crippen LogP contribution is 2.35. The first-order valence-corrected chi connectivity index (χ1v) is 5.12. The molecule has 12 heavy (non-hydrogen) atoms. The van der Waals surface area contributed by atoms with Gasteiger partial charge in [-0.3, -0.25) is 0 Å². The first-order chi connectivity index (χ1) is 5.75. The average Bonchev–Trinajstić information content (AvgIpc) is 2.03. The molecule has 2 aliphatic rings. The van der Waals surface area contributed by atoms with E-state index in [-0.39, 0.29) is 6.10 Å². The van der Waals surface area contributed by atoms with E-state index in [4.69, 9.17) is 0 Å². The van der Waals surface area contributed by atoms with E-state index >= 15 is 0 Å². The maximum Gasteiger partial charge on any atom is 0.0543 e. The third-order valence-corrected chi connectivity index (χ3v) is 3.54. The van der Waals surface area contributed by atoms with Crippen LogP contribution in [-0.2, 0) is 0 Å². The number of aliphatic hydroxyl groups is 1. The first kappa shape index (κ1) is 8.52. The lowest BCUT2D eigenvalue weighted by Crippen LogP contribution is -2.42. The Balaban J connectivity index is 1.94. The van der Waals surface area contributed by atoms with Gasteiger partial charge in [0, 0.05) is 6.54 Å². The fourth-order valence-electron chi connectivity index (χ4n) is 2.78. The number of piperidine rings is 1. The molecule has 2 fully saturated rings. The molecule has 2 heteroatoms. The molecule has 0 radical (unpaired) electrons. The van der Waals surface area contributed by atoms with Crippen molar-refractivity contribution in [3.63, 3.8) is 0 Å². The molecule has 0 bridgehead atoms. The molecule has 1 saturated carbocycles. The maximum absolute atomic E-state index is 9.52. The molecule has 70 valence electrons. The van der Waals surface area contributed by atoms with Crippen LogP contribution in [0.1, 0.15) is 25.7 Å². The van der Waals surface area contributed by atoms with Gasteiger partial charge in [-0.15, -0.1) is 0 Å². The van der Waals surface area contributed by atoms with Crippen LogP contribution in [0, 0.1) is 11.8 Å². The number of rotatable bonds is 0. The summed E-state index contributed by atoms with van der Waals surface area (Å²) in [6.07, 6.45) is 4.71. The molecule has 0 aromatic carbocycles. The number of aliphatic hydroxyl groups excluding tert-OH is 1. The summed E-state index contributed by atoms with van der Waals surface area (Å²) in [5, 5.41) is 9.52. The van der Waals surface area contributed by atoms with Gasteiger partial charge in [0.25, 0.3) is 0 Å². The van der Waals surface area contributed by atoms with Crippen LogP contribution in [0.4, 0.5) is 0 Å². The Kier molecular flexibility index (Phi) is 2.37. The zero-order valence-electron chi connectivity index (χ0n) is 7.87. The number of hydrogen-bond acceptors (Lipinski definition) is 2. The van der Waals surface area contributed by atoms with Crippen LogP contribution in [0.5, 0.6) is 0 Å². The van der Waals surface area contributed by atoms with Gasteiger partial charge in [0.15, 0.2) is 0 Å². The summed E-state index contributed by atoms with van der Waals surface area (Å²) in [5.74, 6) is 1.71. The van der Waals surface area contributed by atoms with Gasteiger partial charge < -0.3 is 10.0 Å². The van der Waals surface area contributed by atoms with E-state index in [0.717, 1.165) is 24.7 Å². The van der Waals surface area contributed by atoms with Crippen LogP contribution in [0.15, 0.2) is 0 Å². The van der Waals surface area contributed by atoms with Crippen molar-refractivity contribution in [1.82, 2.24) is 4.90 Å². The summed E-state index contributed by atoms with van der Waals surface area (Å²) in [7, 11) is 2.19. The van der Waals surface area contributed by atoms with E-state index < -0.39 is 0 Å². The van der Waals surface area contributed by atoms with Gasteiger partial charge in [0.05, 0.1) is 6.10 Å². The van der Waals surface area contributed by atoms with E-state index in [0.29, 0.717) is 0 Å². The second-order valence-electron chi connectivity index (χ2n) is 4.54. The molecule has 0 aromatic heterocycles. The van der Waals surface area contributed by atoms with Crippen molar-refractivity contribution < 1.29 is 5.11 Å². The monoisotopic (exact) mass is 169 g/mol. The average molecular weight is 169 g/mol. The van der Waals surface area contributed by atoms with Crippen molar-refractivity contribution in [2.24, 2.45) is 11.8 Å². The largest absolute Gasteiger partial charge is 0.393 e. The van der Waals surface area contributed by atoms with Crippen LogP contribution in [-0.4, -0.2) is 36.2 Å². The Morgan fingerprint density at radius 3 is 2.83 bits per heavy atom. The third kappa shape index (κ3) is 1.64. The van der Waals surface area contributed by atoms with E-state index in [1.165, 1.54) is 25.9 Å². The first-order valence-electron chi connectivity index (χ1n) is 5.12. The minimum absolute atomic E-state index is 0.00208. The van der Waals surface area contributed by atoms with Crippen molar-refractivity contribution in [3.8, 4) is 0 Å². The molecule has 0 amide bonds. The lowest BCUT2D eigenvalue weighted by Gasteiger charge is -2.41. The number of fused-ring (bicyclic) bond motifs is 1. The molecule has 1 saturated heterocycles. The fraction of sp³-hybridized carbons (Fsp3) is 1.00. The van der Waals surface area contributed by atoms with Crippen molar-refractivity contribution >= 4 is 0 Å². The Morgan fingerprint density at radius 1 is 1.17 bits per heavy atom. The van der Waals surface area contributed by atoms with E-state index in [1.807, 2.05) is 0 Å². The fourth-order valence-corrected chi connectivity index (χ4v) is 2.78. The Labute approximate surface area is 74.6 Å². The molecule has 1 heterocycles. The van der Waals surface area contributed by atoms with Crippen LogP contribution >= 0.6 is 0 Å². The highest BCUT2D eigenvalue weighted by molar-refractivity contribution is 4.85. The van der Waals surface area contributed by atoms with Crippen molar-refractivity contribution in [2.45, 2.75) is 31.8 Å². The smallest absolute Gasteiger partial charge is 0.0543 e. The molecule has 3 atom stereocenters. The standard InChI is InChI=1S/C10H19NO/c1-11-5-4-8-2-3-10(12)6-9(8)7-11/h8-10,12H,2-7H2,1H3/t8-,9-,10+/m1/s1. The lowest BCUT2D eigenvalue weighted by molar-refractivity contribution is 0.0268. The quantitative estimate of drug-likeness (QED) is 0.587. The second-order valence-corrected chi connectivity index (χ2v) is 4.54. The summed E-state index contributed by atoms with van der Waals surface area (Å²) in [6.45, 7) is 2.47. The summed E-state index contributed by atoms with van der Waals surface area (Å²) < 4.78 is 0. The molecule has 0 spiro atoms. The molecule has 1 N–H and O–H groups in total. The van der Waals surface area contributed by atoms with E-state index in [2.05, 4.69) is 11.9 Å². The molecule has 1 aliphatic heterocycles. The number of hydrogen-bond donors (Lipinski definition) is 1. The summed E-state index contributed by atoms with van der Waals surface area (Å²) in [5.41, 5.74) is 0. The van der Waals surface area contributed by atoms with Gasteiger partial charge in [0.2, 0.25) is 0 Å².